The molecule has 2 rings (SSSR count). The monoisotopic (exact) mass is 249 g/mol. The van der Waals surface area contributed by atoms with Crippen LogP contribution in [-0.4, -0.2) is 43.8 Å². The molecule has 0 radical (unpaired) electrons. The number of nitrogens with zero attached hydrogens (tertiary/aromatic N) is 1. The summed E-state index contributed by atoms with van der Waals surface area (Å²) in [5, 5.41) is 3.40. The maximum Gasteiger partial charge on any atom is 0.0874 e. The van der Waals surface area contributed by atoms with Gasteiger partial charge < -0.3 is 15.8 Å². The molecule has 0 amide bonds. The predicted octanol–water partition coefficient (Wildman–Crippen LogP) is 1.71. The van der Waals surface area contributed by atoms with Crippen LogP contribution in [0.2, 0.25) is 0 Å². The standard InChI is InChI=1S/C14H23N3O/c1-3-17-6-7-18-13(10-17)9-16-12-5-4-11(2)14(15)8-12/h4-5,8,13,16H,3,6-7,9-10,15H2,1-2H3. The van der Waals surface area contributed by atoms with Gasteiger partial charge in [0.1, 0.15) is 0 Å². The second-order valence-corrected chi connectivity index (χ2v) is 4.84. The summed E-state index contributed by atoms with van der Waals surface area (Å²) >= 11 is 0. The van der Waals surface area contributed by atoms with Crippen molar-refractivity contribution in [1.29, 1.82) is 0 Å². The third-order valence-electron chi connectivity index (χ3n) is 3.48. The fourth-order valence-electron chi connectivity index (χ4n) is 2.17. The Morgan fingerprint density at radius 1 is 1.50 bits per heavy atom. The lowest BCUT2D eigenvalue weighted by molar-refractivity contribution is -0.0191. The summed E-state index contributed by atoms with van der Waals surface area (Å²) in [4.78, 5) is 2.42. The normalized spacial score (nSPS) is 20.9. The van der Waals surface area contributed by atoms with Crippen LogP contribution in [0, 0.1) is 6.92 Å². The van der Waals surface area contributed by atoms with Gasteiger partial charge in [-0.25, -0.2) is 0 Å². The van der Waals surface area contributed by atoms with Crippen LogP contribution in [-0.2, 0) is 4.74 Å². The lowest BCUT2D eigenvalue weighted by atomic mass is 10.2. The van der Waals surface area contributed by atoms with Gasteiger partial charge in [-0.2, -0.15) is 0 Å². The van der Waals surface area contributed by atoms with Gasteiger partial charge in [0.15, 0.2) is 0 Å². The topological polar surface area (TPSA) is 50.5 Å². The molecule has 1 atom stereocenters. The van der Waals surface area contributed by atoms with Crippen molar-refractivity contribution < 1.29 is 4.74 Å². The zero-order valence-electron chi connectivity index (χ0n) is 11.3. The highest BCUT2D eigenvalue weighted by Gasteiger charge is 2.18. The fourth-order valence-corrected chi connectivity index (χ4v) is 2.17. The average Bonchev–Trinajstić information content (AvgIpc) is 2.40. The molecule has 0 saturated carbocycles. The molecule has 3 N–H and O–H groups in total. The molecule has 100 valence electrons. The number of nitrogens with one attached hydrogen (secondary N) is 1. The van der Waals surface area contributed by atoms with E-state index in [1.54, 1.807) is 0 Å². The first-order valence-electron chi connectivity index (χ1n) is 6.63. The van der Waals surface area contributed by atoms with Crippen molar-refractivity contribution in [3.05, 3.63) is 23.8 Å². The lowest BCUT2D eigenvalue weighted by Crippen LogP contribution is -2.45. The highest BCUT2D eigenvalue weighted by atomic mass is 16.5. The summed E-state index contributed by atoms with van der Waals surface area (Å²) < 4.78 is 5.75. The molecule has 1 fully saturated rings. The van der Waals surface area contributed by atoms with Gasteiger partial charge in [-0.15, -0.1) is 0 Å². The van der Waals surface area contributed by atoms with E-state index in [9.17, 15) is 0 Å². The molecule has 0 bridgehead atoms. The zero-order valence-corrected chi connectivity index (χ0v) is 11.3. The molecule has 0 spiro atoms. The third-order valence-corrected chi connectivity index (χ3v) is 3.48. The van der Waals surface area contributed by atoms with Crippen LogP contribution in [0.15, 0.2) is 18.2 Å². The van der Waals surface area contributed by atoms with Crippen LogP contribution in [0.25, 0.3) is 0 Å². The van der Waals surface area contributed by atoms with Crippen molar-refractivity contribution in [2.45, 2.75) is 20.0 Å². The minimum atomic E-state index is 0.265. The highest BCUT2D eigenvalue weighted by molar-refractivity contribution is 5.58. The first-order valence-corrected chi connectivity index (χ1v) is 6.63. The molecule has 0 aromatic heterocycles. The number of ether oxygens (including phenoxy) is 1. The zero-order chi connectivity index (χ0) is 13.0. The molecular weight excluding hydrogens is 226 g/mol. The molecule has 1 heterocycles. The molecule has 1 aliphatic rings. The van der Waals surface area contributed by atoms with Gasteiger partial charge in [0.05, 0.1) is 12.7 Å². The number of anilines is 2. The first kappa shape index (κ1) is 13.2. The number of nitrogen functional groups attached to an aromatic ring is 1. The lowest BCUT2D eigenvalue weighted by Gasteiger charge is -2.32. The number of hydrogen-bond acceptors (Lipinski definition) is 4. The van der Waals surface area contributed by atoms with Crippen LogP contribution >= 0.6 is 0 Å². The number of benzene rings is 1. The summed E-state index contributed by atoms with van der Waals surface area (Å²) in [5.41, 5.74) is 8.91. The Labute approximate surface area is 109 Å². The number of likely N-dealkylation sites (N-methyl/N-ethyl adjacent to an activating group) is 1. The number of aryl methyl sites for hydroxylation is 1. The van der Waals surface area contributed by atoms with Crippen molar-refractivity contribution >= 4 is 11.4 Å². The molecule has 1 aromatic carbocycles. The van der Waals surface area contributed by atoms with E-state index in [4.69, 9.17) is 10.5 Å². The van der Waals surface area contributed by atoms with Crippen molar-refractivity contribution in [3.63, 3.8) is 0 Å². The van der Waals surface area contributed by atoms with Crippen molar-refractivity contribution in [3.8, 4) is 0 Å². The summed E-state index contributed by atoms with van der Waals surface area (Å²) in [5.74, 6) is 0. The fraction of sp³-hybridized carbons (Fsp3) is 0.571. The van der Waals surface area contributed by atoms with E-state index in [0.717, 1.165) is 49.7 Å². The summed E-state index contributed by atoms with van der Waals surface area (Å²) in [6.45, 7) is 9.01. The Bertz CT molecular complexity index is 395. The predicted molar refractivity (Wildman–Crippen MR) is 75.9 cm³/mol. The van der Waals surface area contributed by atoms with E-state index in [0.29, 0.717) is 0 Å². The number of morpholine rings is 1. The molecular formula is C14H23N3O. The van der Waals surface area contributed by atoms with Gasteiger partial charge in [0.2, 0.25) is 0 Å². The first-order chi connectivity index (χ1) is 8.69. The summed E-state index contributed by atoms with van der Waals surface area (Å²) in [6.07, 6.45) is 0.265. The molecule has 1 aromatic rings. The minimum Gasteiger partial charge on any atom is -0.398 e. The molecule has 1 saturated heterocycles. The van der Waals surface area contributed by atoms with Crippen LogP contribution in [0.3, 0.4) is 0 Å². The Morgan fingerprint density at radius 2 is 2.33 bits per heavy atom. The smallest absolute Gasteiger partial charge is 0.0874 e. The number of rotatable bonds is 4. The van der Waals surface area contributed by atoms with Crippen molar-refractivity contribution in [1.82, 2.24) is 4.90 Å². The third kappa shape index (κ3) is 3.37. The van der Waals surface area contributed by atoms with E-state index in [2.05, 4.69) is 23.2 Å². The van der Waals surface area contributed by atoms with Gasteiger partial charge in [0.25, 0.3) is 0 Å². The van der Waals surface area contributed by atoms with Crippen LogP contribution < -0.4 is 11.1 Å². The molecule has 1 unspecified atom stereocenters. The van der Waals surface area contributed by atoms with Gasteiger partial charge in [-0.05, 0) is 31.2 Å². The minimum absolute atomic E-state index is 0.265. The highest BCUT2D eigenvalue weighted by Crippen LogP contribution is 2.17. The van der Waals surface area contributed by atoms with E-state index in [1.165, 1.54) is 0 Å². The number of hydrogen-bond donors (Lipinski definition) is 2. The summed E-state index contributed by atoms with van der Waals surface area (Å²) in [7, 11) is 0. The molecule has 4 nitrogen and oxygen atoms in total. The molecule has 4 heteroatoms. The Hall–Kier alpha value is -1.26. The maximum atomic E-state index is 5.89. The van der Waals surface area contributed by atoms with E-state index in [-0.39, 0.29) is 6.10 Å². The van der Waals surface area contributed by atoms with Gasteiger partial charge in [-0.3, -0.25) is 4.90 Å². The van der Waals surface area contributed by atoms with E-state index < -0.39 is 0 Å². The second-order valence-electron chi connectivity index (χ2n) is 4.84. The van der Waals surface area contributed by atoms with Gasteiger partial charge in [-0.1, -0.05) is 13.0 Å². The molecule has 0 aliphatic carbocycles. The van der Waals surface area contributed by atoms with E-state index in [1.807, 2.05) is 19.1 Å². The Morgan fingerprint density at radius 3 is 3.06 bits per heavy atom. The van der Waals surface area contributed by atoms with Crippen LogP contribution in [0.5, 0.6) is 0 Å². The quantitative estimate of drug-likeness (QED) is 0.798. The average molecular weight is 249 g/mol. The molecule has 1 aliphatic heterocycles. The Balaban J connectivity index is 1.85. The van der Waals surface area contributed by atoms with Gasteiger partial charge in [0, 0.05) is 31.0 Å². The second kappa shape index (κ2) is 6.07. The molecule has 18 heavy (non-hydrogen) atoms. The SMILES string of the molecule is CCN1CCOC(CNc2ccc(C)c(N)c2)C1. The maximum absolute atomic E-state index is 5.89. The van der Waals surface area contributed by atoms with Crippen molar-refractivity contribution in [2.75, 3.05) is 43.8 Å². The largest absolute Gasteiger partial charge is 0.398 e. The van der Waals surface area contributed by atoms with Crippen molar-refractivity contribution in [2.24, 2.45) is 0 Å². The van der Waals surface area contributed by atoms with Gasteiger partial charge >= 0.3 is 0 Å². The number of nitrogens with two attached hydrogens (primary N) is 1. The summed E-state index contributed by atoms with van der Waals surface area (Å²) in [6, 6.07) is 6.08. The van der Waals surface area contributed by atoms with Crippen LogP contribution in [0.4, 0.5) is 11.4 Å². The van der Waals surface area contributed by atoms with Crippen LogP contribution in [0.1, 0.15) is 12.5 Å². The van der Waals surface area contributed by atoms with E-state index >= 15 is 0 Å². The Kier molecular flexibility index (Phi) is 4.44.